The number of carbonyl (C=O) groups excluding carboxylic acids is 1. The predicted octanol–water partition coefficient (Wildman–Crippen LogP) is 4.47. The number of benzene rings is 2. The normalized spacial score (nSPS) is 10.7. The number of hydrogen-bond acceptors (Lipinski definition) is 6. The SMILES string of the molecule is COc1ccc(C(=O)N(CCCN(C)C)c2nc3ccc(F)cc3s2)cc1OC.Cl. The molecule has 0 atom stereocenters. The number of aromatic nitrogens is 1. The van der Waals surface area contributed by atoms with Crippen LogP contribution in [0.3, 0.4) is 0 Å². The van der Waals surface area contributed by atoms with E-state index in [0.717, 1.165) is 13.0 Å². The topological polar surface area (TPSA) is 54.9 Å². The minimum absolute atomic E-state index is 0. The first kappa shape index (κ1) is 23.9. The summed E-state index contributed by atoms with van der Waals surface area (Å²) in [5, 5.41) is 0.546. The van der Waals surface area contributed by atoms with Gasteiger partial charge in [0, 0.05) is 12.1 Å². The monoisotopic (exact) mass is 453 g/mol. The van der Waals surface area contributed by atoms with Gasteiger partial charge in [-0.2, -0.15) is 0 Å². The molecule has 0 saturated carbocycles. The number of carbonyl (C=O) groups is 1. The Morgan fingerprint density at radius 2 is 1.80 bits per heavy atom. The molecular formula is C21H25ClFN3O3S. The zero-order valence-electron chi connectivity index (χ0n) is 17.3. The maximum absolute atomic E-state index is 13.6. The standard InChI is InChI=1S/C21H24FN3O3S.ClH/c1-24(2)10-5-11-25(21-23-16-8-7-15(22)13-19(16)29-21)20(26)14-6-9-17(27-3)18(12-14)28-4;/h6-9,12-13H,5,10-11H2,1-4H3;1H. The van der Waals surface area contributed by atoms with Crippen LogP contribution in [-0.4, -0.2) is 57.2 Å². The Morgan fingerprint density at radius 1 is 1.07 bits per heavy atom. The van der Waals surface area contributed by atoms with Gasteiger partial charge in [0.1, 0.15) is 5.82 Å². The largest absolute Gasteiger partial charge is 0.493 e. The fourth-order valence-electron chi connectivity index (χ4n) is 2.96. The lowest BCUT2D eigenvalue weighted by Crippen LogP contribution is -2.33. The summed E-state index contributed by atoms with van der Waals surface area (Å²) in [5.41, 5.74) is 1.14. The molecule has 0 radical (unpaired) electrons. The van der Waals surface area contributed by atoms with E-state index in [4.69, 9.17) is 9.47 Å². The van der Waals surface area contributed by atoms with Gasteiger partial charge in [-0.15, -0.1) is 12.4 Å². The molecule has 0 N–H and O–H groups in total. The van der Waals surface area contributed by atoms with Gasteiger partial charge in [-0.1, -0.05) is 11.3 Å². The number of rotatable bonds is 8. The van der Waals surface area contributed by atoms with Crippen molar-refractivity contribution in [3.8, 4) is 11.5 Å². The van der Waals surface area contributed by atoms with Gasteiger partial charge in [0.15, 0.2) is 16.6 Å². The van der Waals surface area contributed by atoms with Crippen molar-refractivity contribution in [2.24, 2.45) is 0 Å². The fraction of sp³-hybridized carbons (Fsp3) is 0.333. The molecule has 3 aromatic rings. The molecule has 2 aromatic carbocycles. The van der Waals surface area contributed by atoms with Crippen LogP contribution in [0.1, 0.15) is 16.8 Å². The van der Waals surface area contributed by atoms with Gasteiger partial charge in [-0.25, -0.2) is 9.37 Å². The molecule has 162 valence electrons. The van der Waals surface area contributed by atoms with E-state index < -0.39 is 0 Å². The second-order valence-electron chi connectivity index (χ2n) is 6.79. The summed E-state index contributed by atoms with van der Waals surface area (Å²) in [4.78, 5) is 21.6. The van der Waals surface area contributed by atoms with Crippen LogP contribution in [0.25, 0.3) is 10.2 Å². The molecule has 0 fully saturated rings. The van der Waals surface area contributed by atoms with E-state index in [1.165, 1.54) is 30.6 Å². The average Bonchev–Trinajstić information content (AvgIpc) is 3.12. The van der Waals surface area contributed by atoms with Crippen molar-refractivity contribution in [3.63, 3.8) is 0 Å². The van der Waals surface area contributed by atoms with Crippen LogP contribution in [0.4, 0.5) is 9.52 Å². The molecule has 0 bridgehead atoms. The van der Waals surface area contributed by atoms with Crippen molar-refractivity contribution in [3.05, 3.63) is 47.8 Å². The molecule has 0 unspecified atom stereocenters. The Hall–Kier alpha value is -2.42. The summed E-state index contributed by atoms with van der Waals surface area (Å²) in [6, 6.07) is 9.51. The number of anilines is 1. The summed E-state index contributed by atoms with van der Waals surface area (Å²) in [7, 11) is 7.05. The second-order valence-corrected chi connectivity index (χ2v) is 7.80. The number of amides is 1. The third kappa shape index (κ3) is 5.38. The molecular weight excluding hydrogens is 429 g/mol. The van der Waals surface area contributed by atoms with Crippen LogP contribution >= 0.6 is 23.7 Å². The Labute approximate surface area is 185 Å². The van der Waals surface area contributed by atoms with Crippen LogP contribution in [0.5, 0.6) is 11.5 Å². The zero-order valence-corrected chi connectivity index (χ0v) is 19.0. The smallest absolute Gasteiger partial charge is 0.260 e. The lowest BCUT2D eigenvalue weighted by molar-refractivity contribution is 0.0985. The molecule has 1 heterocycles. The number of halogens is 2. The van der Waals surface area contributed by atoms with E-state index in [1.807, 2.05) is 14.1 Å². The minimum Gasteiger partial charge on any atom is -0.493 e. The molecule has 1 aromatic heterocycles. The molecule has 0 aliphatic rings. The first-order valence-corrected chi connectivity index (χ1v) is 9.99. The molecule has 0 aliphatic heterocycles. The molecule has 6 nitrogen and oxygen atoms in total. The van der Waals surface area contributed by atoms with Gasteiger partial charge in [0.25, 0.3) is 5.91 Å². The number of fused-ring (bicyclic) bond motifs is 1. The number of nitrogens with zero attached hydrogens (tertiary/aromatic N) is 3. The summed E-state index contributed by atoms with van der Waals surface area (Å²) in [5.74, 6) is 0.527. The average molecular weight is 454 g/mol. The van der Waals surface area contributed by atoms with Crippen molar-refractivity contribution < 1.29 is 18.7 Å². The maximum atomic E-state index is 13.6. The Bertz CT molecular complexity index is 1010. The molecule has 0 aliphatic carbocycles. The molecule has 0 spiro atoms. The number of ether oxygens (including phenoxy) is 2. The summed E-state index contributed by atoms with van der Waals surface area (Å²) in [6.45, 7) is 1.32. The quantitative estimate of drug-likeness (QED) is 0.503. The van der Waals surface area contributed by atoms with Crippen molar-refractivity contribution in [1.29, 1.82) is 0 Å². The molecule has 3 rings (SSSR count). The zero-order chi connectivity index (χ0) is 21.0. The number of hydrogen-bond donors (Lipinski definition) is 0. The van der Waals surface area contributed by atoms with Gasteiger partial charge in [0.2, 0.25) is 0 Å². The van der Waals surface area contributed by atoms with Crippen molar-refractivity contribution >= 4 is 45.0 Å². The number of methoxy groups -OCH3 is 2. The highest BCUT2D eigenvalue weighted by Crippen LogP contribution is 2.32. The summed E-state index contributed by atoms with van der Waals surface area (Å²) >= 11 is 1.30. The lowest BCUT2D eigenvalue weighted by atomic mass is 10.1. The van der Waals surface area contributed by atoms with E-state index in [-0.39, 0.29) is 24.1 Å². The fourth-order valence-corrected chi connectivity index (χ4v) is 3.97. The predicted molar refractivity (Wildman–Crippen MR) is 121 cm³/mol. The molecule has 30 heavy (non-hydrogen) atoms. The van der Waals surface area contributed by atoms with Crippen LogP contribution in [0.2, 0.25) is 0 Å². The van der Waals surface area contributed by atoms with Crippen molar-refractivity contribution in [2.45, 2.75) is 6.42 Å². The highest BCUT2D eigenvalue weighted by atomic mass is 35.5. The van der Waals surface area contributed by atoms with E-state index in [1.54, 1.807) is 36.3 Å². The van der Waals surface area contributed by atoms with E-state index >= 15 is 0 Å². The van der Waals surface area contributed by atoms with Crippen LogP contribution < -0.4 is 14.4 Å². The number of thiazole rings is 1. The lowest BCUT2D eigenvalue weighted by Gasteiger charge is -2.21. The Balaban J connectivity index is 0.00000320. The summed E-state index contributed by atoms with van der Waals surface area (Å²) < 4.78 is 24.9. The summed E-state index contributed by atoms with van der Waals surface area (Å²) in [6.07, 6.45) is 0.774. The third-order valence-corrected chi connectivity index (χ3v) is 5.47. The minimum atomic E-state index is -0.321. The third-order valence-electron chi connectivity index (χ3n) is 4.43. The van der Waals surface area contributed by atoms with Crippen LogP contribution in [0.15, 0.2) is 36.4 Å². The maximum Gasteiger partial charge on any atom is 0.260 e. The first-order chi connectivity index (χ1) is 13.9. The van der Waals surface area contributed by atoms with Gasteiger partial charge >= 0.3 is 0 Å². The Morgan fingerprint density at radius 3 is 2.47 bits per heavy atom. The Kier molecular flexibility index (Phi) is 8.40. The van der Waals surface area contributed by atoms with E-state index in [0.29, 0.717) is 39.0 Å². The van der Waals surface area contributed by atoms with E-state index in [2.05, 4.69) is 9.88 Å². The molecule has 9 heteroatoms. The van der Waals surface area contributed by atoms with Gasteiger partial charge < -0.3 is 14.4 Å². The van der Waals surface area contributed by atoms with Crippen LogP contribution in [-0.2, 0) is 0 Å². The van der Waals surface area contributed by atoms with Crippen molar-refractivity contribution in [1.82, 2.24) is 9.88 Å². The van der Waals surface area contributed by atoms with Gasteiger partial charge in [0.05, 0.1) is 24.4 Å². The van der Waals surface area contributed by atoms with Crippen molar-refractivity contribution in [2.75, 3.05) is 46.3 Å². The van der Waals surface area contributed by atoms with Gasteiger partial charge in [-0.3, -0.25) is 9.69 Å². The first-order valence-electron chi connectivity index (χ1n) is 9.17. The highest BCUT2D eigenvalue weighted by Gasteiger charge is 2.22. The second kappa shape index (κ2) is 10.6. The van der Waals surface area contributed by atoms with Crippen LogP contribution in [0, 0.1) is 5.82 Å². The highest BCUT2D eigenvalue weighted by molar-refractivity contribution is 7.22. The molecule has 0 saturated heterocycles. The van der Waals surface area contributed by atoms with E-state index in [9.17, 15) is 9.18 Å². The van der Waals surface area contributed by atoms with Gasteiger partial charge in [-0.05, 0) is 63.5 Å². The molecule has 1 amide bonds.